The number of nitrogens with zero attached hydrogens (tertiary/aromatic N) is 4. The highest BCUT2D eigenvalue weighted by Crippen LogP contribution is 2.31. The molecule has 0 unspecified atom stereocenters. The van der Waals surface area contributed by atoms with Crippen molar-refractivity contribution in [2.24, 2.45) is 0 Å². The lowest BCUT2D eigenvalue weighted by molar-refractivity contribution is 0.163. The van der Waals surface area contributed by atoms with Gasteiger partial charge in [-0.3, -0.25) is 10.4 Å². The van der Waals surface area contributed by atoms with Crippen LogP contribution >= 0.6 is 11.3 Å². The lowest BCUT2D eigenvalue weighted by Crippen LogP contribution is -2.41. The average Bonchev–Trinajstić information content (AvgIpc) is 3.19. The van der Waals surface area contributed by atoms with Crippen LogP contribution in [0.3, 0.4) is 0 Å². The summed E-state index contributed by atoms with van der Waals surface area (Å²) < 4.78 is 0. The number of aromatic amines is 1. The zero-order valence-corrected chi connectivity index (χ0v) is 13.4. The number of amides is 2. The van der Waals surface area contributed by atoms with E-state index in [-0.39, 0.29) is 12.1 Å². The number of hydrogen-bond acceptors (Lipinski definition) is 5. The molecule has 0 aromatic carbocycles. The summed E-state index contributed by atoms with van der Waals surface area (Å²) in [7, 11) is 0. The lowest BCUT2D eigenvalue weighted by atomic mass is 9.98. The molecule has 1 atom stereocenters. The molecule has 1 aliphatic heterocycles. The summed E-state index contributed by atoms with van der Waals surface area (Å²) in [6.45, 7) is 2.85. The van der Waals surface area contributed by atoms with E-state index in [9.17, 15) is 4.79 Å². The number of carbonyl (C=O) groups is 1. The minimum Gasteiger partial charge on any atom is -0.317 e. The maximum absolute atomic E-state index is 12.6. The van der Waals surface area contributed by atoms with Crippen molar-refractivity contribution >= 4 is 22.5 Å². The Morgan fingerprint density at radius 3 is 3.18 bits per heavy atom. The fourth-order valence-corrected chi connectivity index (χ4v) is 3.58. The molecule has 3 heterocycles. The van der Waals surface area contributed by atoms with E-state index < -0.39 is 0 Å². The van der Waals surface area contributed by atoms with Gasteiger partial charge in [0.15, 0.2) is 0 Å². The summed E-state index contributed by atoms with van der Waals surface area (Å²) in [5.41, 5.74) is 1.05. The molecular formula is C14H20N6OS. The van der Waals surface area contributed by atoms with Gasteiger partial charge >= 0.3 is 6.03 Å². The Hall–Kier alpha value is -1.96. The van der Waals surface area contributed by atoms with Crippen LogP contribution in [0.2, 0.25) is 0 Å². The van der Waals surface area contributed by atoms with E-state index in [0.717, 1.165) is 49.2 Å². The molecule has 0 spiro atoms. The summed E-state index contributed by atoms with van der Waals surface area (Å²) in [6, 6.07) is -0.0272. The van der Waals surface area contributed by atoms with Gasteiger partial charge in [-0.1, -0.05) is 18.3 Å². The Bertz CT molecular complexity index is 611. The summed E-state index contributed by atoms with van der Waals surface area (Å²) >= 11 is 1.45. The van der Waals surface area contributed by atoms with Gasteiger partial charge in [-0.15, -0.1) is 10.2 Å². The number of H-pyrrole nitrogens is 1. The summed E-state index contributed by atoms with van der Waals surface area (Å²) in [6.07, 6.45) is 8.69. The molecular weight excluding hydrogens is 300 g/mol. The zero-order valence-electron chi connectivity index (χ0n) is 12.6. The molecule has 1 saturated heterocycles. The van der Waals surface area contributed by atoms with Crippen molar-refractivity contribution in [1.82, 2.24) is 25.3 Å². The summed E-state index contributed by atoms with van der Waals surface area (Å²) in [4.78, 5) is 14.4. The maximum atomic E-state index is 12.6. The van der Waals surface area contributed by atoms with Gasteiger partial charge in [0.25, 0.3) is 0 Å². The van der Waals surface area contributed by atoms with Crippen molar-refractivity contribution in [3.05, 3.63) is 23.0 Å². The fraction of sp³-hybridized carbons (Fsp3) is 0.571. The normalized spacial score (nSPS) is 18.4. The van der Waals surface area contributed by atoms with Crippen molar-refractivity contribution in [3.8, 4) is 0 Å². The Morgan fingerprint density at radius 1 is 1.50 bits per heavy atom. The van der Waals surface area contributed by atoms with Gasteiger partial charge in [-0.25, -0.2) is 4.79 Å². The van der Waals surface area contributed by atoms with E-state index in [1.165, 1.54) is 11.3 Å². The Morgan fingerprint density at radius 2 is 2.41 bits per heavy atom. The molecule has 2 aromatic heterocycles. The van der Waals surface area contributed by atoms with Gasteiger partial charge in [-0.05, 0) is 25.7 Å². The predicted molar refractivity (Wildman–Crippen MR) is 84.8 cm³/mol. The van der Waals surface area contributed by atoms with Crippen LogP contribution in [0.1, 0.15) is 49.2 Å². The SMILES string of the molecule is CCCc1nnc(NC(=O)N2CCCC[C@@H]2c2cn[nH]c2)s1. The van der Waals surface area contributed by atoms with Crippen molar-refractivity contribution in [1.29, 1.82) is 0 Å². The first-order valence-electron chi connectivity index (χ1n) is 7.66. The second kappa shape index (κ2) is 6.87. The molecule has 1 fully saturated rings. The molecule has 0 bridgehead atoms. The minimum absolute atomic E-state index is 0.0792. The molecule has 3 rings (SSSR count). The van der Waals surface area contributed by atoms with Crippen LogP contribution in [0.25, 0.3) is 0 Å². The number of rotatable bonds is 4. The van der Waals surface area contributed by atoms with Crippen LogP contribution in [0.5, 0.6) is 0 Å². The van der Waals surface area contributed by atoms with Crippen LogP contribution in [-0.4, -0.2) is 37.9 Å². The Balaban J connectivity index is 1.69. The number of nitrogens with one attached hydrogen (secondary N) is 2. The molecule has 2 aromatic rings. The number of piperidine rings is 1. The molecule has 118 valence electrons. The lowest BCUT2D eigenvalue weighted by Gasteiger charge is -2.34. The van der Waals surface area contributed by atoms with E-state index in [4.69, 9.17) is 0 Å². The first kappa shape index (κ1) is 15.0. The Labute approximate surface area is 133 Å². The number of urea groups is 1. The summed E-state index contributed by atoms with van der Waals surface area (Å²) in [5, 5.41) is 19.4. The van der Waals surface area contributed by atoms with E-state index >= 15 is 0 Å². The first-order chi connectivity index (χ1) is 10.8. The number of aromatic nitrogens is 4. The molecule has 2 N–H and O–H groups in total. The quantitative estimate of drug-likeness (QED) is 0.906. The molecule has 0 saturated carbocycles. The third kappa shape index (κ3) is 3.27. The first-order valence-corrected chi connectivity index (χ1v) is 8.48. The molecule has 22 heavy (non-hydrogen) atoms. The van der Waals surface area contributed by atoms with E-state index in [0.29, 0.717) is 5.13 Å². The standard InChI is InChI=1S/C14H20N6OS/c1-2-5-12-18-19-13(22-12)17-14(21)20-7-4-3-6-11(20)10-8-15-16-9-10/h8-9,11H,2-7H2,1H3,(H,15,16)(H,17,19,21)/t11-/m1/s1. The van der Waals surface area contributed by atoms with Gasteiger partial charge < -0.3 is 4.90 Å². The molecule has 8 heteroatoms. The molecule has 0 radical (unpaired) electrons. The van der Waals surface area contributed by atoms with Gasteiger partial charge in [0.05, 0.1) is 12.2 Å². The smallest absolute Gasteiger partial charge is 0.317 e. The highest BCUT2D eigenvalue weighted by Gasteiger charge is 2.29. The maximum Gasteiger partial charge on any atom is 0.324 e. The van der Waals surface area contributed by atoms with E-state index in [1.807, 2.05) is 11.1 Å². The van der Waals surface area contributed by atoms with Gasteiger partial charge in [0.1, 0.15) is 5.01 Å². The number of hydrogen-bond donors (Lipinski definition) is 2. The number of likely N-dealkylation sites (tertiary alicyclic amines) is 1. The molecule has 7 nitrogen and oxygen atoms in total. The molecule has 2 amide bonds. The van der Waals surface area contributed by atoms with E-state index in [2.05, 4.69) is 32.6 Å². The van der Waals surface area contributed by atoms with Crippen LogP contribution in [0.15, 0.2) is 12.4 Å². The summed E-state index contributed by atoms with van der Waals surface area (Å²) in [5.74, 6) is 0. The van der Waals surface area contributed by atoms with Crippen LogP contribution in [0, 0.1) is 0 Å². The van der Waals surface area contributed by atoms with E-state index in [1.54, 1.807) is 6.20 Å². The minimum atomic E-state index is -0.106. The topological polar surface area (TPSA) is 86.8 Å². The fourth-order valence-electron chi connectivity index (χ4n) is 2.75. The van der Waals surface area contributed by atoms with Crippen LogP contribution in [-0.2, 0) is 6.42 Å². The van der Waals surface area contributed by atoms with Crippen molar-refractivity contribution in [3.63, 3.8) is 0 Å². The zero-order chi connectivity index (χ0) is 15.4. The highest BCUT2D eigenvalue weighted by molar-refractivity contribution is 7.15. The second-order valence-electron chi connectivity index (χ2n) is 5.42. The van der Waals surface area contributed by atoms with Crippen molar-refractivity contribution < 1.29 is 4.79 Å². The van der Waals surface area contributed by atoms with Gasteiger partial charge in [0, 0.05) is 24.7 Å². The van der Waals surface area contributed by atoms with Gasteiger partial charge in [-0.2, -0.15) is 5.10 Å². The highest BCUT2D eigenvalue weighted by atomic mass is 32.1. The van der Waals surface area contributed by atoms with Crippen molar-refractivity contribution in [2.75, 3.05) is 11.9 Å². The monoisotopic (exact) mass is 320 g/mol. The van der Waals surface area contributed by atoms with Crippen LogP contribution < -0.4 is 5.32 Å². The molecule has 1 aliphatic rings. The van der Waals surface area contributed by atoms with Crippen LogP contribution in [0.4, 0.5) is 9.93 Å². The third-order valence-corrected chi connectivity index (χ3v) is 4.71. The second-order valence-corrected chi connectivity index (χ2v) is 6.48. The largest absolute Gasteiger partial charge is 0.324 e. The predicted octanol–water partition coefficient (Wildman–Crippen LogP) is 2.97. The number of aryl methyl sites for hydroxylation is 1. The molecule has 0 aliphatic carbocycles. The average molecular weight is 320 g/mol. The van der Waals surface area contributed by atoms with Gasteiger partial charge in [0.2, 0.25) is 5.13 Å². The van der Waals surface area contributed by atoms with Crippen molar-refractivity contribution in [2.45, 2.75) is 45.1 Å². The third-order valence-electron chi connectivity index (χ3n) is 3.81. The Kier molecular flexibility index (Phi) is 4.67. The number of anilines is 1. The number of carbonyl (C=O) groups excluding carboxylic acids is 1.